The number of ether oxygens (including phenoxy) is 1. The number of H-pyrrole nitrogens is 1. The molecule has 0 aliphatic carbocycles. The number of aldehydes is 1. The van der Waals surface area contributed by atoms with Crippen LogP contribution in [0.5, 0.6) is 5.88 Å². The molecule has 0 saturated carbocycles. The van der Waals surface area contributed by atoms with Gasteiger partial charge in [-0.25, -0.2) is 0 Å². The quantitative estimate of drug-likeness (QED) is 0.664. The Morgan fingerprint density at radius 2 is 1.72 bits per heavy atom. The lowest BCUT2D eigenvalue weighted by molar-refractivity contribution is -0.278. The molecule has 0 spiro atoms. The number of aromatic amines is 1. The molecule has 1 aromatic rings. The number of halogens is 6. The van der Waals surface area contributed by atoms with Crippen molar-refractivity contribution in [2.75, 3.05) is 0 Å². The average Bonchev–Trinajstić information content (AvgIpc) is 2.11. The number of carbonyl (C=O) groups is 1. The summed E-state index contributed by atoms with van der Waals surface area (Å²) < 4.78 is 75.8. The summed E-state index contributed by atoms with van der Waals surface area (Å²) in [4.78, 5) is 22.7. The van der Waals surface area contributed by atoms with E-state index in [2.05, 4.69) is 4.74 Å². The first-order chi connectivity index (χ1) is 8.04. The normalized spacial score (nSPS) is 12.3. The predicted molar refractivity (Wildman–Crippen MR) is 44.1 cm³/mol. The second-order valence-corrected chi connectivity index (χ2v) is 2.96. The third-order valence-corrected chi connectivity index (χ3v) is 1.65. The Morgan fingerprint density at radius 1 is 1.17 bits per heavy atom. The Bertz CT molecular complexity index is 515. The summed E-state index contributed by atoms with van der Waals surface area (Å²) in [6, 6.07) is 0.221. The molecule has 0 fully saturated rings. The predicted octanol–water partition coefficient (Wildman–Crippen LogP) is 2.10. The van der Waals surface area contributed by atoms with E-state index in [0.717, 1.165) is 0 Å². The fourth-order valence-electron chi connectivity index (χ4n) is 1.08. The Labute approximate surface area is 94.2 Å². The number of nitrogens with one attached hydrogen (secondary N) is 1. The van der Waals surface area contributed by atoms with Crippen LogP contribution < -0.4 is 10.2 Å². The fraction of sp³-hybridized carbons (Fsp3) is 0.250. The van der Waals surface area contributed by atoms with Crippen LogP contribution in [-0.4, -0.2) is 17.6 Å². The third kappa shape index (κ3) is 3.25. The molecule has 1 rings (SSSR count). The smallest absolute Gasteiger partial charge is 0.389 e. The molecule has 10 heteroatoms. The van der Waals surface area contributed by atoms with E-state index in [1.54, 1.807) is 0 Å². The van der Waals surface area contributed by atoms with E-state index >= 15 is 0 Å². The van der Waals surface area contributed by atoms with Crippen LogP contribution in [0.4, 0.5) is 26.3 Å². The first-order valence-electron chi connectivity index (χ1n) is 4.10. The van der Waals surface area contributed by atoms with Crippen molar-refractivity contribution in [2.24, 2.45) is 0 Å². The molecule has 100 valence electrons. The molecule has 0 saturated heterocycles. The van der Waals surface area contributed by atoms with Gasteiger partial charge < -0.3 is 9.72 Å². The van der Waals surface area contributed by atoms with Gasteiger partial charge in [0.2, 0.25) is 5.88 Å². The summed E-state index contributed by atoms with van der Waals surface area (Å²) in [7, 11) is 0. The standard InChI is InChI=1S/C8H3F6NO3/c9-7(10,11)5-4(17)1-3(2-16)15-6(5)18-8(12,13)14/h1-2H,(H,15,17). The maximum Gasteiger partial charge on any atom is 0.574 e. The van der Waals surface area contributed by atoms with Gasteiger partial charge in [0.05, 0.1) is 5.69 Å². The molecule has 1 aromatic heterocycles. The maximum atomic E-state index is 12.4. The van der Waals surface area contributed by atoms with Crippen LogP contribution in [0.25, 0.3) is 0 Å². The molecule has 0 aliphatic heterocycles. The largest absolute Gasteiger partial charge is 0.574 e. The third-order valence-electron chi connectivity index (χ3n) is 1.65. The topological polar surface area (TPSA) is 59.2 Å². The lowest BCUT2D eigenvalue weighted by Crippen LogP contribution is -2.26. The highest BCUT2D eigenvalue weighted by Gasteiger charge is 2.42. The summed E-state index contributed by atoms with van der Waals surface area (Å²) in [5, 5.41) is 0. The van der Waals surface area contributed by atoms with Gasteiger partial charge in [-0.05, 0) is 0 Å². The van der Waals surface area contributed by atoms with E-state index in [0.29, 0.717) is 0 Å². The van der Waals surface area contributed by atoms with Gasteiger partial charge in [0, 0.05) is 6.07 Å². The highest BCUT2D eigenvalue weighted by molar-refractivity contribution is 5.72. The summed E-state index contributed by atoms with van der Waals surface area (Å²) in [5.41, 5.74) is -4.74. The Balaban J connectivity index is 3.49. The summed E-state index contributed by atoms with van der Waals surface area (Å²) in [6.45, 7) is 0. The van der Waals surface area contributed by atoms with Gasteiger partial charge in [0.15, 0.2) is 17.3 Å². The Morgan fingerprint density at radius 3 is 2.11 bits per heavy atom. The second-order valence-electron chi connectivity index (χ2n) is 2.96. The van der Waals surface area contributed by atoms with E-state index in [-0.39, 0.29) is 12.4 Å². The number of hydrogen-bond donors (Lipinski definition) is 1. The van der Waals surface area contributed by atoms with Gasteiger partial charge in [0.25, 0.3) is 0 Å². The van der Waals surface area contributed by atoms with Crippen molar-refractivity contribution in [1.82, 2.24) is 4.98 Å². The Hall–Kier alpha value is -2.00. The van der Waals surface area contributed by atoms with E-state index in [9.17, 15) is 35.9 Å². The molecule has 18 heavy (non-hydrogen) atoms. The van der Waals surface area contributed by atoms with E-state index in [4.69, 9.17) is 0 Å². The molecule has 4 nitrogen and oxygen atoms in total. The molecule has 0 aromatic carbocycles. The number of alkyl halides is 6. The monoisotopic (exact) mass is 275 g/mol. The van der Waals surface area contributed by atoms with Crippen LogP contribution in [0.15, 0.2) is 10.9 Å². The number of pyridine rings is 1. The van der Waals surface area contributed by atoms with Crippen molar-refractivity contribution in [1.29, 1.82) is 0 Å². The minimum atomic E-state index is -5.44. The lowest BCUT2D eigenvalue weighted by atomic mass is 10.2. The molecule has 0 radical (unpaired) electrons. The van der Waals surface area contributed by atoms with Gasteiger partial charge in [-0.1, -0.05) is 0 Å². The fourth-order valence-corrected chi connectivity index (χ4v) is 1.08. The number of rotatable bonds is 2. The number of hydrogen-bond acceptors (Lipinski definition) is 3. The van der Waals surface area contributed by atoms with Gasteiger partial charge in [0.1, 0.15) is 0 Å². The van der Waals surface area contributed by atoms with E-state index < -0.39 is 35.1 Å². The van der Waals surface area contributed by atoms with E-state index in [1.165, 1.54) is 4.98 Å². The van der Waals surface area contributed by atoms with Crippen LogP contribution in [0.3, 0.4) is 0 Å². The average molecular weight is 275 g/mol. The summed E-state index contributed by atoms with van der Waals surface area (Å²) >= 11 is 0. The molecular formula is C8H3F6NO3. The van der Waals surface area contributed by atoms with Crippen molar-refractivity contribution in [3.05, 3.63) is 27.5 Å². The van der Waals surface area contributed by atoms with Crippen LogP contribution in [-0.2, 0) is 6.18 Å². The lowest BCUT2D eigenvalue weighted by Gasteiger charge is -2.14. The molecule has 0 aliphatic rings. The van der Waals surface area contributed by atoms with Gasteiger partial charge in [-0.15, -0.1) is 13.2 Å². The van der Waals surface area contributed by atoms with Crippen LogP contribution in [0, 0.1) is 0 Å². The van der Waals surface area contributed by atoms with Crippen molar-refractivity contribution in [3.63, 3.8) is 0 Å². The molecule has 0 unspecified atom stereocenters. The number of carbonyl (C=O) groups excluding carboxylic acids is 1. The molecule has 0 atom stereocenters. The zero-order chi connectivity index (χ0) is 14.1. The molecule has 1 heterocycles. The molecule has 0 amide bonds. The zero-order valence-corrected chi connectivity index (χ0v) is 8.15. The first kappa shape index (κ1) is 14.1. The van der Waals surface area contributed by atoms with Crippen molar-refractivity contribution in [3.8, 4) is 5.88 Å². The highest BCUT2D eigenvalue weighted by Crippen LogP contribution is 2.34. The van der Waals surface area contributed by atoms with Gasteiger partial charge >= 0.3 is 12.5 Å². The minimum absolute atomic E-state index is 0.120. The van der Waals surface area contributed by atoms with Gasteiger partial charge in [-0.3, -0.25) is 9.59 Å². The van der Waals surface area contributed by atoms with Crippen LogP contribution in [0.2, 0.25) is 0 Å². The van der Waals surface area contributed by atoms with E-state index in [1.807, 2.05) is 0 Å². The first-order valence-corrected chi connectivity index (χ1v) is 4.10. The van der Waals surface area contributed by atoms with Crippen LogP contribution in [0.1, 0.15) is 16.1 Å². The SMILES string of the molecule is O=Cc1cc(=O)c(C(F)(F)F)c(OC(F)(F)F)[nH]1. The summed E-state index contributed by atoms with van der Waals surface area (Å²) in [5.74, 6) is -1.87. The highest BCUT2D eigenvalue weighted by atomic mass is 19.4. The van der Waals surface area contributed by atoms with Crippen LogP contribution >= 0.6 is 0 Å². The minimum Gasteiger partial charge on any atom is -0.389 e. The Kier molecular flexibility index (Phi) is 3.40. The van der Waals surface area contributed by atoms with Crippen molar-refractivity contribution < 1.29 is 35.9 Å². The zero-order valence-electron chi connectivity index (χ0n) is 8.15. The summed E-state index contributed by atoms with van der Waals surface area (Å²) in [6.07, 6.45) is -10.9. The van der Waals surface area contributed by atoms with Crippen molar-refractivity contribution >= 4 is 6.29 Å². The van der Waals surface area contributed by atoms with Gasteiger partial charge in [-0.2, -0.15) is 13.2 Å². The number of aromatic nitrogens is 1. The van der Waals surface area contributed by atoms with Crippen molar-refractivity contribution in [2.45, 2.75) is 12.5 Å². The molecule has 1 N–H and O–H groups in total. The molecule has 0 bridgehead atoms. The second kappa shape index (κ2) is 4.35. The molecular weight excluding hydrogens is 272 g/mol. The maximum absolute atomic E-state index is 12.4.